The molecule has 0 spiro atoms. The number of nitrogens with two attached hydrogens (primary N) is 1. The van der Waals surface area contributed by atoms with Crippen LogP contribution in [-0.4, -0.2) is 18.1 Å². The number of nitrogen functional groups attached to an aromatic ring is 1. The maximum Gasteiger partial charge on any atom is 0.338 e. The second-order valence-electron chi connectivity index (χ2n) is 2.90. The number of methoxy groups -OCH3 is 1. The van der Waals surface area contributed by atoms with Crippen molar-refractivity contribution in [1.29, 1.82) is 0 Å². The van der Waals surface area contributed by atoms with Crippen LogP contribution in [0.5, 0.6) is 0 Å². The van der Waals surface area contributed by atoms with E-state index in [1.54, 1.807) is 0 Å². The van der Waals surface area contributed by atoms with Crippen molar-refractivity contribution < 1.29 is 18.3 Å². The molecule has 1 aromatic rings. The summed E-state index contributed by atoms with van der Waals surface area (Å²) in [6.07, 6.45) is -2.77. The molecule has 82 valence electrons. The third-order valence-electron chi connectivity index (χ3n) is 1.94. The standard InChI is InChI=1S/C9H10F2N2O2/c1-4-5(9(14)15-2)3-6(12)13-7(4)8(10)11/h3,8H,1-2H3,(H2,12,13). The van der Waals surface area contributed by atoms with Crippen LogP contribution in [0.1, 0.15) is 28.0 Å². The summed E-state index contributed by atoms with van der Waals surface area (Å²) in [5.74, 6) is -0.834. The van der Waals surface area contributed by atoms with Crippen molar-refractivity contribution in [1.82, 2.24) is 4.98 Å². The zero-order chi connectivity index (χ0) is 11.6. The topological polar surface area (TPSA) is 65.2 Å². The summed E-state index contributed by atoms with van der Waals surface area (Å²) in [6, 6.07) is 1.22. The van der Waals surface area contributed by atoms with Gasteiger partial charge in [0.2, 0.25) is 0 Å². The highest BCUT2D eigenvalue weighted by atomic mass is 19.3. The van der Waals surface area contributed by atoms with Crippen molar-refractivity contribution in [3.8, 4) is 0 Å². The van der Waals surface area contributed by atoms with Crippen molar-refractivity contribution >= 4 is 11.8 Å². The van der Waals surface area contributed by atoms with Gasteiger partial charge in [-0.3, -0.25) is 0 Å². The van der Waals surface area contributed by atoms with Crippen LogP contribution in [0.15, 0.2) is 6.07 Å². The summed E-state index contributed by atoms with van der Waals surface area (Å²) >= 11 is 0. The Morgan fingerprint density at radius 3 is 2.67 bits per heavy atom. The summed E-state index contributed by atoms with van der Waals surface area (Å²) in [7, 11) is 1.17. The number of halogens is 2. The van der Waals surface area contributed by atoms with Crippen LogP contribution < -0.4 is 5.73 Å². The molecule has 0 saturated carbocycles. The molecule has 0 amide bonds. The molecule has 0 radical (unpaired) electrons. The number of carbonyl (C=O) groups excluding carboxylic acids is 1. The fourth-order valence-electron chi connectivity index (χ4n) is 1.18. The van der Waals surface area contributed by atoms with Gasteiger partial charge in [0.25, 0.3) is 6.43 Å². The predicted molar refractivity (Wildman–Crippen MR) is 49.7 cm³/mol. The van der Waals surface area contributed by atoms with E-state index < -0.39 is 18.1 Å². The molecule has 0 bridgehead atoms. The van der Waals surface area contributed by atoms with E-state index in [2.05, 4.69) is 9.72 Å². The van der Waals surface area contributed by atoms with Gasteiger partial charge < -0.3 is 10.5 Å². The highest BCUT2D eigenvalue weighted by Crippen LogP contribution is 2.24. The normalized spacial score (nSPS) is 10.5. The molecule has 15 heavy (non-hydrogen) atoms. The molecule has 1 heterocycles. The molecule has 0 aromatic carbocycles. The minimum Gasteiger partial charge on any atom is -0.465 e. The van der Waals surface area contributed by atoms with Crippen LogP contribution in [0, 0.1) is 6.92 Å². The molecule has 0 aliphatic carbocycles. The molecule has 0 atom stereocenters. The fraction of sp³-hybridized carbons (Fsp3) is 0.333. The van der Waals surface area contributed by atoms with Gasteiger partial charge in [-0.1, -0.05) is 0 Å². The fourth-order valence-corrected chi connectivity index (χ4v) is 1.18. The number of aromatic nitrogens is 1. The van der Waals surface area contributed by atoms with Crippen LogP contribution in [0.3, 0.4) is 0 Å². The van der Waals surface area contributed by atoms with E-state index in [1.807, 2.05) is 0 Å². The number of carbonyl (C=O) groups is 1. The summed E-state index contributed by atoms with van der Waals surface area (Å²) in [5.41, 5.74) is 4.92. The number of alkyl halides is 2. The van der Waals surface area contributed by atoms with Crippen LogP contribution in [0.25, 0.3) is 0 Å². The lowest BCUT2D eigenvalue weighted by molar-refractivity contribution is 0.0599. The number of ether oxygens (including phenoxy) is 1. The summed E-state index contributed by atoms with van der Waals surface area (Å²) in [4.78, 5) is 14.7. The molecule has 0 fully saturated rings. The number of hydrogen-bond donors (Lipinski definition) is 1. The van der Waals surface area contributed by atoms with Gasteiger partial charge in [-0.2, -0.15) is 0 Å². The largest absolute Gasteiger partial charge is 0.465 e. The van der Waals surface area contributed by atoms with E-state index in [0.29, 0.717) is 0 Å². The van der Waals surface area contributed by atoms with E-state index in [-0.39, 0.29) is 16.9 Å². The molecule has 1 aromatic heterocycles. The average molecular weight is 216 g/mol. The zero-order valence-electron chi connectivity index (χ0n) is 8.25. The van der Waals surface area contributed by atoms with Gasteiger partial charge in [0.1, 0.15) is 11.5 Å². The number of esters is 1. The number of pyridine rings is 1. The number of hydrogen-bond acceptors (Lipinski definition) is 4. The number of nitrogens with zero attached hydrogens (tertiary/aromatic N) is 1. The number of rotatable bonds is 2. The maximum absolute atomic E-state index is 12.5. The smallest absolute Gasteiger partial charge is 0.338 e. The Balaban J connectivity index is 3.34. The third kappa shape index (κ3) is 2.20. The van der Waals surface area contributed by atoms with Gasteiger partial charge in [0, 0.05) is 0 Å². The zero-order valence-corrected chi connectivity index (χ0v) is 8.25. The van der Waals surface area contributed by atoms with Gasteiger partial charge in [0.15, 0.2) is 0 Å². The molecule has 0 saturated heterocycles. The Morgan fingerprint density at radius 1 is 1.60 bits per heavy atom. The minimum absolute atomic E-state index is 0.0142. The first-order valence-corrected chi connectivity index (χ1v) is 4.10. The van der Waals surface area contributed by atoms with E-state index in [1.165, 1.54) is 20.1 Å². The second kappa shape index (κ2) is 4.20. The van der Waals surface area contributed by atoms with Crippen molar-refractivity contribution in [2.45, 2.75) is 13.3 Å². The average Bonchev–Trinajstić information content (AvgIpc) is 2.19. The Kier molecular flexibility index (Phi) is 3.18. The molecule has 0 aliphatic heterocycles. The first kappa shape index (κ1) is 11.4. The van der Waals surface area contributed by atoms with E-state index in [4.69, 9.17) is 5.73 Å². The van der Waals surface area contributed by atoms with Crippen LogP contribution in [0.4, 0.5) is 14.6 Å². The van der Waals surface area contributed by atoms with Crippen molar-refractivity contribution in [3.63, 3.8) is 0 Å². The predicted octanol–water partition coefficient (Wildman–Crippen LogP) is 1.70. The molecule has 1 rings (SSSR count). The van der Waals surface area contributed by atoms with Crippen LogP contribution in [0.2, 0.25) is 0 Å². The quantitative estimate of drug-likeness (QED) is 0.764. The van der Waals surface area contributed by atoms with Gasteiger partial charge in [0.05, 0.1) is 12.7 Å². The highest BCUT2D eigenvalue weighted by Gasteiger charge is 2.20. The van der Waals surface area contributed by atoms with E-state index in [9.17, 15) is 13.6 Å². The summed E-state index contributed by atoms with van der Waals surface area (Å²) in [5, 5.41) is 0. The Hall–Kier alpha value is -1.72. The lowest BCUT2D eigenvalue weighted by Crippen LogP contribution is -2.09. The van der Waals surface area contributed by atoms with E-state index in [0.717, 1.165) is 0 Å². The summed E-state index contributed by atoms with van der Waals surface area (Å²) in [6.45, 7) is 1.38. The van der Waals surface area contributed by atoms with Gasteiger partial charge in [-0.25, -0.2) is 18.6 Å². The van der Waals surface area contributed by atoms with Crippen molar-refractivity contribution in [3.05, 3.63) is 22.9 Å². The van der Waals surface area contributed by atoms with E-state index >= 15 is 0 Å². The first-order valence-electron chi connectivity index (χ1n) is 4.10. The third-order valence-corrected chi connectivity index (χ3v) is 1.94. The molecular formula is C9H10F2N2O2. The molecule has 0 aliphatic rings. The molecule has 6 heteroatoms. The Morgan fingerprint density at radius 2 is 2.20 bits per heavy atom. The number of anilines is 1. The summed E-state index contributed by atoms with van der Waals surface area (Å²) < 4.78 is 29.4. The van der Waals surface area contributed by atoms with Gasteiger partial charge in [-0.05, 0) is 18.6 Å². The van der Waals surface area contributed by atoms with Gasteiger partial charge >= 0.3 is 5.97 Å². The first-order chi connectivity index (χ1) is 6.97. The van der Waals surface area contributed by atoms with Crippen LogP contribution in [-0.2, 0) is 4.74 Å². The lowest BCUT2D eigenvalue weighted by Gasteiger charge is -2.09. The second-order valence-corrected chi connectivity index (χ2v) is 2.90. The molecule has 4 nitrogen and oxygen atoms in total. The Bertz CT molecular complexity index is 394. The maximum atomic E-state index is 12.5. The molecule has 0 unspecified atom stereocenters. The highest BCUT2D eigenvalue weighted by molar-refractivity contribution is 5.91. The van der Waals surface area contributed by atoms with Crippen molar-refractivity contribution in [2.75, 3.05) is 12.8 Å². The molecule has 2 N–H and O–H groups in total. The monoisotopic (exact) mass is 216 g/mol. The Labute approximate surface area is 85.1 Å². The lowest BCUT2D eigenvalue weighted by atomic mass is 10.1. The van der Waals surface area contributed by atoms with Crippen LogP contribution >= 0.6 is 0 Å². The molecular weight excluding hydrogens is 206 g/mol. The van der Waals surface area contributed by atoms with Gasteiger partial charge in [-0.15, -0.1) is 0 Å². The SMILES string of the molecule is COC(=O)c1cc(N)nc(C(F)F)c1C. The minimum atomic E-state index is -2.77. The van der Waals surface area contributed by atoms with Crippen molar-refractivity contribution in [2.24, 2.45) is 0 Å².